The Morgan fingerprint density at radius 3 is 2.86 bits per heavy atom. The van der Waals surface area contributed by atoms with Crippen LogP contribution in [0.15, 0.2) is 6.07 Å². The summed E-state index contributed by atoms with van der Waals surface area (Å²) in [5, 5.41) is 9.16. The Hall–Kier alpha value is -1.73. The predicted molar refractivity (Wildman–Crippen MR) is 104 cm³/mol. The van der Waals surface area contributed by atoms with E-state index < -0.39 is 6.17 Å². The van der Waals surface area contributed by atoms with Gasteiger partial charge in [0.2, 0.25) is 0 Å². The van der Waals surface area contributed by atoms with E-state index >= 15 is 0 Å². The number of nitrogens with zero attached hydrogens (tertiary/aromatic N) is 3. The van der Waals surface area contributed by atoms with Crippen molar-refractivity contribution in [1.29, 1.82) is 0 Å². The van der Waals surface area contributed by atoms with Crippen molar-refractivity contribution >= 4 is 11.7 Å². The fourth-order valence-electron chi connectivity index (χ4n) is 4.08. The van der Waals surface area contributed by atoms with Gasteiger partial charge in [0, 0.05) is 13.1 Å². The van der Waals surface area contributed by atoms with Crippen LogP contribution in [0.2, 0.25) is 0 Å². The van der Waals surface area contributed by atoms with Crippen molar-refractivity contribution in [2.75, 3.05) is 37.7 Å². The molecule has 7 heteroatoms. The summed E-state index contributed by atoms with van der Waals surface area (Å²) in [6.07, 6.45) is 2.35. The van der Waals surface area contributed by atoms with E-state index in [0.29, 0.717) is 38.2 Å². The maximum absolute atomic E-state index is 14.8. The smallest absolute Gasteiger partial charge is 0.256 e. The van der Waals surface area contributed by atoms with Crippen LogP contribution in [0.25, 0.3) is 0 Å². The molecule has 154 valence electrons. The number of alkyl halides is 1. The van der Waals surface area contributed by atoms with Gasteiger partial charge in [-0.2, -0.15) is 0 Å². The number of pyridine rings is 1. The molecular weight excluding hydrogens is 361 g/mol. The second-order valence-electron chi connectivity index (χ2n) is 8.68. The number of aliphatic hydroxyl groups excluding tert-OH is 1. The molecule has 6 nitrogen and oxygen atoms in total. The number of carbonyl (C=O) groups is 1. The molecule has 1 saturated carbocycles. The molecule has 4 rings (SSSR count). The molecule has 1 aromatic rings. The molecule has 2 aliphatic heterocycles. The highest BCUT2D eigenvalue weighted by Crippen LogP contribution is 2.45. The van der Waals surface area contributed by atoms with Crippen LogP contribution in [0, 0.1) is 5.41 Å². The van der Waals surface area contributed by atoms with E-state index in [1.165, 1.54) is 12.8 Å². The second-order valence-corrected chi connectivity index (χ2v) is 8.68. The van der Waals surface area contributed by atoms with Crippen molar-refractivity contribution < 1.29 is 19.0 Å². The number of carbonyl (C=O) groups excluding carboxylic acids is 1. The predicted octanol–water partition coefficient (Wildman–Crippen LogP) is 2.33. The summed E-state index contributed by atoms with van der Waals surface area (Å²) in [5.74, 6) is 0.706. The van der Waals surface area contributed by atoms with Gasteiger partial charge in [0.1, 0.15) is 12.0 Å². The number of β-amino-alcohol motifs (C(OH)–C–C–N with tert-alkyl or cyclic N) is 1. The Balaban J connectivity index is 1.47. The highest BCUT2D eigenvalue weighted by molar-refractivity contribution is 5.98. The first-order valence-corrected chi connectivity index (χ1v) is 10.4. The molecule has 1 aromatic heterocycles. The quantitative estimate of drug-likeness (QED) is 0.773. The number of hydrogen-bond acceptors (Lipinski definition) is 5. The van der Waals surface area contributed by atoms with Gasteiger partial charge in [-0.3, -0.25) is 4.79 Å². The molecule has 2 atom stereocenters. The molecule has 0 bridgehead atoms. The fraction of sp³-hybridized carbons (Fsp3) is 0.714. The zero-order valence-electron chi connectivity index (χ0n) is 16.8. The summed E-state index contributed by atoms with van der Waals surface area (Å²) in [4.78, 5) is 20.8. The van der Waals surface area contributed by atoms with Crippen LogP contribution in [0.1, 0.15) is 54.7 Å². The molecule has 2 fully saturated rings. The molecule has 1 unspecified atom stereocenters. The van der Waals surface area contributed by atoms with Gasteiger partial charge < -0.3 is 19.6 Å². The van der Waals surface area contributed by atoms with Crippen molar-refractivity contribution in [2.24, 2.45) is 5.41 Å². The molecule has 3 heterocycles. The van der Waals surface area contributed by atoms with Crippen molar-refractivity contribution in [3.8, 4) is 0 Å². The summed E-state index contributed by atoms with van der Waals surface area (Å²) in [6.45, 7) is 6.49. The Morgan fingerprint density at radius 1 is 1.43 bits per heavy atom. The minimum atomic E-state index is -1.04. The number of halogens is 1. The van der Waals surface area contributed by atoms with Crippen LogP contribution in [-0.2, 0) is 17.7 Å². The van der Waals surface area contributed by atoms with E-state index in [4.69, 9.17) is 14.8 Å². The molecule has 1 aliphatic carbocycles. The van der Waals surface area contributed by atoms with Crippen LogP contribution in [0.3, 0.4) is 0 Å². The maximum Gasteiger partial charge on any atom is 0.256 e. The van der Waals surface area contributed by atoms with Gasteiger partial charge in [0.25, 0.3) is 5.91 Å². The van der Waals surface area contributed by atoms with Crippen LogP contribution in [-0.4, -0.2) is 66.0 Å². The van der Waals surface area contributed by atoms with Crippen LogP contribution in [0.5, 0.6) is 0 Å². The second kappa shape index (κ2) is 7.59. The van der Waals surface area contributed by atoms with Crippen molar-refractivity contribution in [3.05, 3.63) is 22.9 Å². The number of aryl methyl sites for hydroxylation is 1. The maximum atomic E-state index is 14.8. The molecule has 0 spiro atoms. The Labute approximate surface area is 165 Å². The third-order valence-electron chi connectivity index (χ3n) is 6.30. The number of piperidine rings is 1. The van der Waals surface area contributed by atoms with Gasteiger partial charge >= 0.3 is 0 Å². The summed E-state index contributed by atoms with van der Waals surface area (Å²) in [5.41, 5.74) is 2.57. The monoisotopic (exact) mass is 391 g/mol. The average molecular weight is 391 g/mol. The number of ether oxygens (including phenoxy) is 1. The topological polar surface area (TPSA) is 65.9 Å². The van der Waals surface area contributed by atoms with Gasteiger partial charge in [-0.25, -0.2) is 9.37 Å². The first-order chi connectivity index (χ1) is 13.4. The van der Waals surface area contributed by atoms with E-state index in [-0.39, 0.29) is 30.6 Å². The summed E-state index contributed by atoms with van der Waals surface area (Å²) in [6, 6.07) is 1.90. The Kier molecular flexibility index (Phi) is 5.31. The van der Waals surface area contributed by atoms with Gasteiger partial charge in [-0.05, 0) is 42.7 Å². The van der Waals surface area contributed by atoms with Gasteiger partial charge in [0.05, 0.1) is 43.7 Å². The molecule has 0 radical (unpaired) electrons. The number of anilines is 1. The van der Waals surface area contributed by atoms with Gasteiger partial charge in [-0.15, -0.1) is 0 Å². The molecule has 1 saturated heterocycles. The Bertz CT molecular complexity index is 753. The minimum Gasteiger partial charge on any atom is -0.395 e. The van der Waals surface area contributed by atoms with Crippen molar-refractivity contribution in [2.45, 2.75) is 58.4 Å². The molecule has 28 heavy (non-hydrogen) atoms. The number of aliphatic hydroxyl groups is 1. The van der Waals surface area contributed by atoms with Crippen LogP contribution >= 0.6 is 0 Å². The lowest BCUT2D eigenvalue weighted by Crippen LogP contribution is -2.47. The average Bonchev–Trinajstić information content (AvgIpc) is 3.35. The molecule has 3 aliphatic rings. The first-order valence-electron chi connectivity index (χ1n) is 10.4. The number of rotatable bonds is 7. The largest absolute Gasteiger partial charge is 0.395 e. The standard InChI is InChI=1S/C21H30FN3O3/c1-3-14-10-15-17(12-25(8-9-26)20(15)27)23-19(14)24-7-4-18(16(22)11-24)28-13-21(2)5-6-21/h10,16,18,26H,3-9,11-13H2,1-2H3/t16-,18?/m0/s1. The summed E-state index contributed by atoms with van der Waals surface area (Å²) in [7, 11) is 0. The van der Waals surface area contributed by atoms with E-state index in [9.17, 15) is 9.18 Å². The molecule has 1 N–H and O–H groups in total. The third-order valence-corrected chi connectivity index (χ3v) is 6.30. The van der Waals surface area contributed by atoms with E-state index in [1.54, 1.807) is 4.90 Å². The third kappa shape index (κ3) is 3.74. The molecular formula is C21H30FN3O3. The van der Waals surface area contributed by atoms with E-state index in [0.717, 1.165) is 23.5 Å². The zero-order valence-corrected chi connectivity index (χ0v) is 16.8. The van der Waals surface area contributed by atoms with Crippen LogP contribution in [0.4, 0.5) is 10.2 Å². The normalized spacial score (nSPS) is 25.9. The molecule has 1 amide bonds. The number of amides is 1. The first kappa shape index (κ1) is 19.6. The summed E-state index contributed by atoms with van der Waals surface area (Å²) < 4.78 is 20.7. The van der Waals surface area contributed by atoms with E-state index in [1.807, 2.05) is 17.9 Å². The van der Waals surface area contributed by atoms with Gasteiger partial charge in [-0.1, -0.05) is 13.8 Å². The highest BCUT2D eigenvalue weighted by atomic mass is 19.1. The Morgan fingerprint density at radius 2 is 2.21 bits per heavy atom. The molecule has 0 aromatic carbocycles. The SMILES string of the molecule is CCc1cc2c(nc1N1CCC(OCC3(C)CC3)[C@@H](F)C1)CN(CCO)C2=O. The van der Waals surface area contributed by atoms with Gasteiger partial charge in [0.15, 0.2) is 0 Å². The van der Waals surface area contributed by atoms with Crippen molar-refractivity contribution in [1.82, 2.24) is 9.88 Å². The lowest BCUT2D eigenvalue weighted by atomic mass is 10.0. The lowest BCUT2D eigenvalue weighted by molar-refractivity contribution is -0.0302. The van der Waals surface area contributed by atoms with E-state index in [2.05, 4.69) is 6.92 Å². The minimum absolute atomic E-state index is 0.0662. The van der Waals surface area contributed by atoms with Crippen molar-refractivity contribution in [3.63, 3.8) is 0 Å². The fourth-order valence-corrected chi connectivity index (χ4v) is 4.08. The lowest BCUT2D eigenvalue weighted by Gasteiger charge is -2.36. The summed E-state index contributed by atoms with van der Waals surface area (Å²) >= 11 is 0. The highest BCUT2D eigenvalue weighted by Gasteiger charge is 2.40. The zero-order chi connectivity index (χ0) is 19.9. The van der Waals surface area contributed by atoms with Crippen LogP contribution < -0.4 is 4.90 Å². The number of fused-ring (bicyclic) bond motifs is 1. The number of hydrogen-bond donors (Lipinski definition) is 1. The number of aromatic nitrogens is 1.